The summed E-state index contributed by atoms with van der Waals surface area (Å²) in [7, 11) is 0. The number of benzene rings is 1. The second kappa shape index (κ2) is 4.10. The van der Waals surface area contributed by atoms with E-state index in [0.717, 1.165) is 0 Å². The molecule has 13 heavy (non-hydrogen) atoms. The Bertz CT molecular complexity index is 310. The third-order valence-corrected chi connectivity index (χ3v) is 1.25. The van der Waals surface area contributed by atoms with E-state index in [4.69, 9.17) is 5.73 Å². The maximum Gasteiger partial charge on any atom is 0.363 e. The molecule has 2 amide bonds. The average Bonchev–Trinajstić information content (AvgIpc) is 2.15. The zero-order chi connectivity index (χ0) is 9.68. The van der Waals surface area contributed by atoms with Crippen LogP contribution in [-0.2, 0) is 4.84 Å². The highest BCUT2D eigenvalue weighted by Crippen LogP contribution is 1.99. The SMILES string of the molecule is NC(=O)NOC(=O)c1ccccc1. The van der Waals surface area contributed by atoms with Crippen molar-refractivity contribution in [1.82, 2.24) is 5.48 Å². The van der Waals surface area contributed by atoms with Crippen LogP contribution in [0.4, 0.5) is 4.79 Å². The van der Waals surface area contributed by atoms with E-state index in [9.17, 15) is 9.59 Å². The highest BCUT2D eigenvalue weighted by atomic mass is 16.7. The standard InChI is InChI=1S/C8H8N2O3/c9-8(12)10-13-7(11)6-4-2-1-3-5-6/h1-5H,(H3,9,10,12). The van der Waals surface area contributed by atoms with E-state index in [2.05, 4.69) is 4.84 Å². The van der Waals surface area contributed by atoms with Gasteiger partial charge in [-0.15, -0.1) is 0 Å². The summed E-state index contributed by atoms with van der Waals surface area (Å²) in [5, 5.41) is 0. The van der Waals surface area contributed by atoms with Gasteiger partial charge in [0.2, 0.25) is 0 Å². The number of amides is 2. The van der Waals surface area contributed by atoms with Gasteiger partial charge in [-0.1, -0.05) is 18.2 Å². The van der Waals surface area contributed by atoms with Crippen LogP contribution in [0.2, 0.25) is 0 Å². The molecule has 0 radical (unpaired) electrons. The lowest BCUT2D eigenvalue weighted by atomic mass is 10.2. The lowest BCUT2D eigenvalue weighted by Crippen LogP contribution is -2.31. The van der Waals surface area contributed by atoms with Gasteiger partial charge in [0.15, 0.2) is 0 Å². The number of nitrogens with one attached hydrogen (secondary N) is 1. The molecule has 0 saturated carbocycles. The van der Waals surface area contributed by atoms with Crippen molar-refractivity contribution in [2.45, 2.75) is 0 Å². The van der Waals surface area contributed by atoms with Gasteiger partial charge >= 0.3 is 12.0 Å². The largest absolute Gasteiger partial charge is 0.363 e. The van der Waals surface area contributed by atoms with Crippen LogP contribution in [-0.4, -0.2) is 12.0 Å². The topological polar surface area (TPSA) is 81.4 Å². The third kappa shape index (κ3) is 2.82. The van der Waals surface area contributed by atoms with Crippen molar-refractivity contribution in [2.75, 3.05) is 0 Å². The first-order valence-electron chi connectivity index (χ1n) is 3.52. The van der Waals surface area contributed by atoms with E-state index in [-0.39, 0.29) is 0 Å². The van der Waals surface area contributed by atoms with Crippen LogP contribution in [0.3, 0.4) is 0 Å². The van der Waals surface area contributed by atoms with E-state index in [1.165, 1.54) is 0 Å². The third-order valence-electron chi connectivity index (χ3n) is 1.25. The molecule has 5 heteroatoms. The smallest absolute Gasteiger partial charge is 0.349 e. The minimum Gasteiger partial charge on any atom is -0.349 e. The summed E-state index contributed by atoms with van der Waals surface area (Å²) in [6.45, 7) is 0. The van der Waals surface area contributed by atoms with Crippen molar-refractivity contribution in [3.8, 4) is 0 Å². The molecule has 1 aromatic rings. The van der Waals surface area contributed by atoms with Gasteiger partial charge in [0.1, 0.15) is 0 Å². The summed E-state index contributed by atoms with van der Waals surface area (Å²) >= 11 is 0. The molecule has 0 aromatic heterocycles. The van der Waals surface area contributed by atoms with E-state index >= 15 is 0 Å². The van der Waals surface area contributed by atoms with Crippen molar-refractivity contribution >= 4 is 12.0 Å². The zero-order valence-electron chi connectivity index (χ0n) is 6.69. The summed E-state index contributed by atoms with van der Waals surface area (Å²) in [5.74, 6) is -0.653. The van der Waals surface area contributed by atoms with Crippen LogP contribution >= 0.6 is 0 Å². The summed E-state index contributed by atoms with van der Waals surface area (Å²) in [4.78, 5) is 25.6. The molecule has 0 bridgehead atoms. The number of hydrogen-bond donors (Lipinski definition) is 2. The fraction of sp³-hybridized carbons (Fsp3) is 0. The van der Waals surface area contributed by atoms with Crippen molar-refractivity contribution < 1.29 is 14.4 Å². The van der Waals surface area contributed by atoms with Gasteiger partial charge in [-0.05, 0) is 12.1 Å². The van der Waals surface area contributed by atoms with E-state index in [0.29, 0.717) is 5.56 Å². The fourth-order valence-electron chi connectivity index (χ4n) is 0.730. The minimum atomic E-state index is -0.913. The molecule has 0 aliphatic heterocycles. The number of carbonyl (C=O) groups excluding carboxylic acids is 2. The molecular formula is C8H8N2O3. The van der Waals surface area contributed by atoms with Crippen molar-refractivity contribution in [2.24, 2.45) is 5.73 Å². The van der Waals surface area contributed by atoms with Crippen LogP contribution in [0.15, 0.2) is 30.3 Å². The van der Waals surface area contributed by atoms with Crippen LogP contribution in [0.25, 0.3) is 0 Å². The Morgan fingerprint density at radius 1 is 1.23 bits per heavy atom. The molecule has 3 N–H and O–H groups in total. The van der Waals surface area contributed by atoms with Gasteiger partial charge in [-0.3, -0.25) is 0 Å². The van der Waals surface area contributed by atoms with Crippen LogP contribution in [0, 0.1) is 0 Å². The van der Waals surface area contributed by atoms with Gasteiger partial charge in [-0.2, -0.15) is 5.48 Å². The van der Waals surface area contributed by atoms with Crippen molar-refractivity contribution in [1.29, 1.82) is 0 Å². The van der Waals surface area contributed by atoms with Crippen LogP contribution < -0.4 is 11.2 Å². The number of hydroxylamine groups is 1. The predicted octanol–water partition coefficient (Wildman–Crippen LogP) is 0.427. The van der Waals surface area contributed by atoms with Gasteiger partial charge in [-0.25, -0.2) is 9.59 Å². The second-order valence-corrected chi connectivity index (χ2v) is 2.22. The Kier molecular flexibility index (Phi) is 2.86. The molecule has 0 fully saturated rings. The molecule has 0 aliphatic rings. The molecule has 68 valence electrons. The van der Waals surface area contributed by atoms with Gasteiger partial charge < -0.3 is 10.6 Å². The molecule has 0 heterocycles. The molecular weight excluding hydrogens is 172 g/mol. The molecule has 5 nitrogen and oxygen atoms in total. The van der Waals surface area contributed by atoms with E-state index in [1.54, 1.807) is 35.8 Å². The number of primary amides is 1. The highest BCUT2D eigenvalue weighted by molar-refractivity contribution is 5.90. The summed E-state index contributed by atoms with van der Waals surface area (Å²) < 4.78 is 0. The Labute approximate surface area is 74.4 Å². The van der Waals surface area contributed by atoms with E-state index < -0.39 is 12.0 Å². The molecule has 0 unspecified atom stereocenters. The summed E-state index contributed by atoms with van der Waals surface area (Å²) in [6.07, 6.45) is 0. The first kappa shape index (κ1) is 9.05. The average molecular weight is 180 g/mol. The first-order chi connectivity index (χ1) is 6.20. The number of carbonyl (C=O) groups is 2. The molecule has 1 aromatic carbocycles. The molecule has 0 spiro atoms. The highest BCUT2D eigenvalue weighted by Gasteiger charge is 2.06. The number of nitrogens with two attached hydrogens (primary N) is 1. The second-order valence-electron chi connectivity index (χ2n) is 2.22. The quantitative estimate of drug-likeness (QED) is 0.615. The summed E-state index contributed by atoms with van der Waals surface area (Å²) in [6, 6.07) is 7.33. The Morgan fingerprint density at radius 3 is 2.38 bits per heavy atom. The maximum atomic E-state index is 11.1. The van der Waals surface area contributed by atoms with Gasteiger partial charge in [0, 0.05) is 0 Å². The van der Waals surface area contributed by atoms with Gasteiger partial charge in [0.25, 0.3) is 0 Å². The van der Waals surface area contributed by atoms with E-state index in [1.807, 2.05) is 0 Å². The maximum absolute atomic E-state index is 11.1. The monoisotopic (exact) mass is 180 g/mol. The van der Waals surface area contributed by atoms with Crippen LogP contribution in [0.1, 0.15) is 10.4 Å². The summed E-state index contributed by atoms with van der Waals surface area (Å²) in [5.41, 5.74) is 6.77. The Morgan fingerprint density at radius 2 is 1.85 bits per heavy atom. The lowest BCUT2D eigenvalue weighted by Gasteiger charge is -2.01. The van der Waals surface area contributed by atoms with Crippen molar-refractivity contribution in [3.63, 3.8) is 0 Å². The number of urea groups is 1. The Balaban J connectivity index is 2.54. The van der Waals surface area contributed by atoms with Gasteiger partial charge in [0.05, 0.1) is 5.56 Å². The first-order valence-corrected chi connectivity index (χ1v) is 3.52. The lowest BCUT2D eigenvalue weighted by molar-refractivity contribution is 0.0335. The molecule has 0 aliphatic carbocycles. The number of hydrogen-bond acceptors (Lipinski definition) is 3. The molecule has 0 atom stereocenters. The normalized spacial score (nSPS) is 8.92. The zero-order valence-corrected chi connectivity index (χ0v) is 6.69. The minimum absolute atomic E-state index is 0.344. The fourth-order valence-corrected chi connectivity index (χ4v) is 0.730. The predicted molar refractivity (Wildman–Crippen MR) is 44.6 cm³/mol. The molecule has 0 saturated heterocycles. The Hall–Kier alpha value is -2.04. The molecule has 1 rings (SSSR count). The van der Waals surface area contributed by atoms with Crippen molar-refractivity contribution in [3.05, 3.63) is 35.9 Å². The van der Waals surface area contributed by atoms with Crippen LogP contribution in [0.5, 0.6) is 0 Å². The number of rotatable bonds is 1.